The summed E-state index contributed by atoms with van der Waals surface area (Å²) in [6.07, 6.45) is 2.85. The number of nitro benzene ring substituents is 1. The molecule has 124 valence electrons. The van der Waals surface area contributed by atoms with Crippen LogP contribution in [-0.2, 0) is 0 Å². The lowest BCUT2D eigenvalue weighted by molar-refractivity contribution is -0.384. The first kappa shape index (κ1) is 16.7. The highest BCUT2D eigenvalue weighted by atomic mass is 35.5. The Kier molecular flexibility index (Phi) is 4.77. The number of nitro groups is 1. The fraction of sp³-hybridized carbons (Fsp3) is 0. The predicted octanol–water partition coefficient (Wildman–Crippen LogP) is 5.21. The molecule has 3 aromatic carbocycles. The maximum atomic E-state index is 12.4. The van der Waals surface area contributed by atoms with Crippen molar-refractivity contribution in [1.82, 2.24) is 0 Å². The third-order valence-corrected chi connectivity index (χ3v) is 4.00. The van der Waals surface area contributed by atoms with Crippen LogP contribution in [0.2, 0.25) is 5.02 Å². The van der Waals surface area contributed by atoms with Crippen molar-refractivity contribution in [3.05, 3.63) is 93.6 Å². The molecule has 0 bridgehead atoms. The number of anilines is 1. The van der Waals surface area contributed by atoms with Crippen LogP contribution in [-0.4, -0.2) is 10.7 Å². The van der Waals surface area contributed by atoms with Crippen molar-refractivity contribution in [3.63, 3.8) is 0 Å². The number of carbonyl (C=O) groups is 1. The summed E-state index contributed by atoms with van der Waals surface area (Å²) in [6.45, 7) is 0. The van der Waals surface area contributed by atoms with Gasteiger partial charge in [0.25, 0.3) is 5.69 Å². The Morgan fingerprint density at radius 2 is 1.84 bits per heavy atom. The molecule has 0 heterocycles. The molecule has 3 rings (SSSR count). The molecule has 0 amide bonds. The van der Waals surface area contributed by atoms with Gasteiger partial charge in [0.05, 0.1) is 4.92 Å². The lowest BCUT2D eigenvalue weighted by atomic mass is 10.0. The summed E-state index contributed by atoms with van der Waals surface area (Å²) < 4.78 is 0. The van der Waals surface area contributed by atoms with E-state index in [-0.39, 0.29) is 16.5 Å². The maximum Gasteiger partial charge on any atom is 0.289 e. The Balaban J connectivity index is 1.79. The van der Waals surface area contributed by atoms with Crippen LogP contribution in [0.4, 0.5) is 11.4 Å². The average molecular weight is 353 g/mol. The fourth-order valence-corrected chi connectivity index (χ4v) is 2.67. The van der Waals surface area contributed by atoms with E-state index in [1.807, 2.05) is 36.4 Å². The van der Waals surface area contributed by atoms with E-state index in [1.165, 1.54) is 24.4 Å². The van der Waals surface area contributed by atoms with Crippen LogP contribution >= 0.6 is 11.6 Å². The van der Waals surface area contributed by atoms with Crippen molar-refractivity contribution < 1.29 is 9.72 Å². The molecule has 25 heavy (non-hydrogen) atoms. The van der Waals surface area contributed by atoms with E-state index in [0.29, 0.717) is 11.3 Å². The maximum absolute atomic E-state index is 12.4. The number of carbonyl (C=O) groups excluding carboxylic acids is 1. The molecule has 0 saturated heterocycles. The topological polar surface area (TPSA) is 72.2 Å². The molecule has 0 unspecified atom stereocenters. The molecule has 0 saturated carbocycles. The first-order valence-corrected chi connectivity index (χ1v) is 7.83. The zero-order valence-corrected chi connectivity index (χ0v) is 13.7. The van der Waals surface area contributed by atoms with Crippen molar-refractivity contribution in [3.8, 4) is 0 Å². The van der Waals surface area contributed by atoms with Crippen molar-refractivity contribution in [2.24, 2.45) is 0 Å². The van der Waals surface area contributed by atoms with Crippen molar-refractivity contribution in [1.29, 1.82) is 0 Å². The molecular formula is C19H13ClN2O3. The van der Waals surface area contributed by atoms with Gasteiger partial charge in [-0.2, -0.15) is 0 Å². The monoisotopic (exact) mass is 352 g/mol. The molecule has 0 atom stereocenters. The quantitative estimate of drug-likeness (QED) is 0.296. The van der Waals surface area contributed by atoms with Gasteiger partial charge in [-0.05, 0) is 22.9 Å². The Hall–Kier alpha value is -3.18. The molecular weight excluding hydrogens is 340 g/mol. The Morgan fingerprint density at radius 3 is 2.64 bits per heavy atom. The third kappa shape index (κ3) is 3.67. The Bertz CT molecular complexity index is 994. The van der Waals surface area contributed by atoms with Crippen LogP contribution in [0.25, 0.3) is 10.8 Å². The van der Waals surface area contributed by atoms with Gasteiger partial charge in [-0.15, -0.1) is 0 Å². The number of allylic oxidation sites excluding steroid dienone is 1. The fourth-order valence-electron chi connectivity index (χ4n) is 2.49. The van der Waals surface area contributed by atoms with Crippen LogP contribution < -0.4 is 5.32 Å². The summed E-state index contributed by atoms with van der Waals surface area (Å²) in [7, 11) is 0. The smallest absolute Gasteiger partial charge is 0.289 e. The second-order valence-electron chi connectivity index (χ2n) is 5.29. The highest BCUT2D eigenvalue weighted by Gasteiger charge is 2.12. The second kappa shape index (κ2) is 7.15. The number of hydrogen-bond donors (Lipinski definition) is 1. The summed E-state index contributed by atoms with van der Waals surface area (Å²) in [6, 6.07) is 17.5. The average Bonchev–Trinajstić information content (AvgIpc) is 2.62. The molecule has 0 fully saturated rings. The molecule has 0 aliphatic rings. The predicted molar refractivity (Wildman–Crippen MR) is 99.1 cm³/mol. The van der Waals surface area contributed by atoms with E-state index < -0.39 is 4.92 Å². The molecule has 0 spiro atoms. The Morgan fingerprint density at radius 1 is 1.08 bits per heavy atom. The lowest BCUT2D eigenvalue weighted by Gasteiger charge is -2.04. The number of ketones is 1. The SMILES string of the molecule is O=C(/C=C/Nc1ccc(Cl)c([N+](=O)[O-])c1)c1cccc2ccccc12. The van der Waals surface area contributed by atoms with Gasteiger partial charge in [-0.3, -0.25) is 14.9 Å². The molecule has 3 aromatic rings. The first-order chi connectivity index (χ1) is 12.1. The molecule has 1 N–H and O–H groups in total. The number of rotatable bonds is 5. The lowest BCUT2D eigenvalue weighted by Crippen LogP contribution is -1.98. The molecule has 6 heteroatoms. The number of benzene rings is 3. The van der Waals surface area contributed by atoms with Gasteiger partial charge in [0.1, 0.15) is 5.02 Å². The number of hydrogen-bond acceptors (Lipinski definition) is 4. The van der Waals surface area contributed by atoms with Crippen LogP contribution in [0.3, 0.4) is 0 Å². The summed E-state index contributed by atoms with van der Waals surface area (Å²) in [5.41, 5.74) is 0.872. The minimum absolute atomic E-state index is 0.0614. The van der Waals surface area contributed by atoms with Crippen LogP contribution in [0, 0.1) is 10.1 Å². The van der Waals surface area contributed by atoms with Gasteiger partial charge < -0.3 is 5.32 Å². The summed E-state index contributed by atoms with van der Waals surface area (Å²) in [4.78, 5) is 22.8. The number of fused-ring (bicyclic) bond motifs is 1. The molecule has 0 aliphatic carbocycles. The highest BCUT2D eigenvalue weighted by Crippen LogP contribution is 2.27. The van der Waals surface area contributed by atoms with E-state index >= 15 is 0 Å². The summed E-state index contributed by atoms with van der Waals surface area (Å²) >= 11 is 5.77. The van der Waals surface area contributed by atoms with Crippen molar-refractivity contribution >= 4 is 39.5 Å². The largest absolute Gasteiger partial charge is 0.361 e. The molecule has 0 aromatic heterocycles. The second-order valence-corrected chi connectivity index (χ2v) is 5.70. The van der Waals surface area contributed by atoms with Crippen LogP contribution in [0.15, 0.2) is 72.9 Å². The minimum atomic E-state index is -0.557. The van der Waals surface area contributed by atoms with E-state index in [4.69, 9.17) is 11.6 Å². The zero-order valence-electron chi connectivity index (χ0n) is 13.0. The molecule has 5 nitrogen and oxygen atoms in total. The van der Waals surface area contributed by atoms with Gasteiger partial charge in [0, 0.05) is 29.6 Å². The summed E-state index contributed by atoms with van der Waals surface area (Å²) in [5.74, 6) is -0.159. The highest BCUT2D eigenvalue weighted by molar-refractivity contribution is 6.32. The Labute approximate surface area is 148 Å². The molecule has 0 radical (unpaired) electrons. The van der Waals surface area contributed by atoms with Crippen LogP contribution in [0.1, 0.15) is 10.4 Å². The van der Waals surface area contributed by atoms with E-state index in [9.17, 15) is 14.9 Å². The third-order valence-electron chi connectivity index (χ3n) is 3.68. The number of nitrogens with one attached hydrogen (secondary N) is 1. The van der Waals surface area contributed by atoms with Gasteiger partial charge in [0.2, 0.25) is 0 Å². The number of nitrogens with zero attached hydrogens (tertiary/aromatic N) is 1. The zero-order chi connectivity index (χ0) is 17.8. The number of halogens is 1. The van der Waals surface area contributed by atoms with Crippen LogP contribution in [0.5, 0.6) is 0 Å². The van der Waals surface area contributed by atoms with Gasteiger partial charge in [-0.25, -0.2) is 0 Å². The first-order valence-electron chi connectivity index (χ1n) is 7.45. The van der Waals surface area contributed by atoms with E-state index in [0.717, 1.165) is 10.8 Å². The van der Waals surface area contributed by atoms with Gasteiger partial charge >= 0.3 is 0 Å². The molecule has 0 aliphatic heterocycles. The van der Waals surface area contributed by atoms with Crippen molar-refractivity contribution in [2.75, 3.05) is 5.32 Å². The van der Waals surface area contributed by atoms with Gasteiger partial charge in [0.15, 0.2) is 5.78 Å². The standard InChI is InChI=1S/C19H13ClN2O3/c20-17-9-8-14(12-18(17)22(24)25)21-11-10-19(23)16-7-3-5-13-4-1-2-6-15(13)16/h1-12,21H/b11-10+. The van der Waals surface area contributed by atoms with E-state index in [1.54, 1.807) is 12.1 Å². The minimum Gasteiger partial charge on any atom is -0.361 e. The van der Waals surface area contributed by atoms with E-state index in [2.05, 4.69) is 5.32 Å². The van der Waals surface area contributed by atoms with Crippen molar-refractivity contribution in [2.45, 2.75) is 0 Å². The normalized spacial score (nSPS) is 10.9. The van der Waals surface area contributed by atoms with Gasteiger partial charge in [-0.1, -0.05) is 54.1 Å². The summed E-state index contributed by atoms with van der Waals surface area (Å²) in [5, 5.41) is 15.7.